The molecule has 324 valence electrons. The summed E-state index contributed by atoms with van der Waals surface area (Å²) in [6.07, 6.45) is 52.4. The Balaban J connectivity index is 4.43. The average Bonchev–Trinajstić information content (AvgIpc) is 3.19. The summed E-state index contributed by atoms with van der Waals surface area (Å²) in [5.41, 5.74) is 0. The molecule has 0 saturated carbocycles. The van der Waals surface area contributed by atoms with Gasteiger partial charge in [0, 0.05) is 19.3 Å². The maximum Gasteiger partial charge on any atom is 0.306 e. The van der Waals surface area contributed by atoms with Gasteiger partial charge in [0.15, 0.2) is 6.10 Å². The SMILES string of the molecule is CC/C=C\C/C=C\C/C=C\CCCC(=O)OCC(COC(=O)CCCCC/C=C\CCCCCCCCC)OC(=O)CCCCCCCCCCCCCCC. The standard InChI is InChI=1S/C50H88O6/c1-4-7-10-13-16-19-22-24-26-28-31-34-37-40-43-49(52)55-46-47(45-54-48(51)42-39-36-33-30-27-21-18-15-12-9-6-3)56-50(53)44-41-38-35-32-29-25-23-20-17-14-11-8-5-2/h9,12,18,21,26,28,30,33,47H,4-8,10-11,13-17,19-20,22-25,27,29,31-32,34-46H2,1-3H3/b12-9-,21-18-,28-26-,33-30-. The fourth-order valence-corrected chi connectivity index (χ4v) is 6.52. The molecule has 6 nitrogen and oxygen atoms in total. The molecule has 0 amide bonds. The van der Waals surface area contributed by atoms with Gasteiger partial charge in [-0.2, -0.15) is 0 Å². The molecule has 1 unspecified atom stereocenters. The molecule has 0 saturated heterocycles. The van der Waals surface area contributed by atoms with Gasteiger partial charge in [-0.25, -0.2) is 0 Å². The minimum atomic E-state index is -0.794. The van der Waals surface area contributed by atoms with Crippen LogP contribution in [0.3, 0.4) is 0 Å². The molecule has 0 aromatic heterocycles. The number of allylic oxidation sites excluding steroid dienone is 8. The van der Waals surface area contributed by atoms with Crippen LogP contribution in [0.4, 0.5) is 0 Å². The van der Waals surface area contributed by atoms with E-state index in [1.807, 2.05) is 0 Å². The van der Waals surface area contributed by atoms with Crippen LogP contribution in [0.5, 0.6) is 0 Å². The molecule has 6 heteroatoms. The zero-order chi connectivity index (χ0) is 40.8. The molecule has 0 bridgehead atoms. The van der Waals surface area contributed by atoms with Gasteiger partial charge in [-0.1, -0.05) is 191 Å². The first-order valence-electron chi connectivity index (χ1n) is 23.6. The molecule has 0 aliphatic carbocycles. The minimum Gasteiger partial charge on any atom is -0.462 e. The Morgan fingerprint density at radius 2 is 0.714 bits per heavy atom. The highest BCUT2D eigenvalue weighted by Crippen LogP contribution is 2.14. The van der Waals surface area contributed by atoms with Crippen LogP contribution in [0.25, 0.3) is 0 Å². The lowest BCUT2D eigenvalue weighted by molar-refractivity contribution is -0.167. The van der Waals surface area contributed by atoms with Gasteiger partial charge >= 0.3 is 17.9 Å². The van der Waals surface area contributed by atoms with E-state index in [4.69, 9.17) is 14.2 Å². The van der Waals surface area contributed by atoms with Crippen molar-refractivity contribution in [2.45, 2.75) is 239 Å². The fourth-order valence-electron chi connectivity index (χ4n) is 6.52. The molecule has 0 aromatic carbocycles. The van der Waals surface area contributed by atoms with Crippen molar-refractivity contribution >= 4 is 17.9 Å². The molecule has 0 heterocycles. The minimum absolute atomic E-state index is 0.0950. The van der Waals surface area contributed by atoms with E-state index in [0.29, 0.717) is 19.3 Å². The molecule has 0 aliphatic heterocycles. The molecular weight excluding hydrogens is 697 g/mol. The van der Waals surface area contributed by atoms with Gasteiger partial charge in [0.2, 0.25) is 0 Å². The van der Waals surface area contributed by atoms with Gasteiger partial charge < -0.3 is 14.2 Å². The number of esters is 3. The summed E-state index contributed by atoms with van der Waals surface area (Å²) >= 11 is 0. The summed E-state index contributed by atoms with van der Waals surface area (Å²) < 4.78 is 16.7. The lowest BCUT2D eigenvalue weighted by atomic mass is 10.0. The number of carbonyl (C=O) groups is 3. The second kappa shape index (κ2) is 45.1. The zero-order valence-electron chi connectivity index (χ0n) is 36.9. The molecule has 0 spiro atoms. The lowest BCUT2D eigenvalue weighted by Crippen LogP contribution is -2.30. The Hall–Kier alpha value is -2.63. The van der Waals surface area contributed by atoms with E-state index >= 15 is 0 Å². The van der Waals surface area contributed by atoms with Gasteiger partial charge in [-0.3, -0.25) is 14.4 Å². The van der Waals surface area contributed by atoms with E-state index < -0.39 is 6.10 Å². The Bertz CT molecular complexity index is 996. The number of carbonyl (C=O) groups excluding carboxylic acids is 3. The third-order valence-corrected chi connectivity index (χ3v) is 10.1. The Morgan fingerprint density at radius 1 is 0.375 bits per heavy atom. The average molecular weight is 785 g/mol. The second-order valence-electron chi connectivity index (χ2n) is 15.6. The highest BCUT2D eigenvalue weighted by atomic mass is 16.6. The van der Waals surface area contributed by atoms with E-state index in [0.717, 1.165) is 77.0 Å². The maximum absolute atomic E-state index is 12.7. The van der Waals surface area contributed by atoms with Gasteiger partial charge in [0.25, 0.3) is 0 Å². The van der Waals surface area contributed by atoms with Crippen LogP contribution in [-0.2, 0) is 28.6 Å². The number of hydrogen-bond donors (Lipinski definition) is 0. The summed E-state index contributed by atoms with van der Waals surface area (Å²) in [4.78, 5) is 37.7. The van der Waals surface area contributed by atoms with Crippen molar-refractivity contribution in [3.63, 3.8) is 0 Å². The molecule has 0 radical (unpaired) electrons. The van der Waals surface area contributed by atoms with Crippen LogP contribution >= 0.6 is 0 Å². The van der Waals surface area contributed by atoms with Gasteiger partial charge in [0.05, 0.1) is 0 Å². The lowest BCUT2D eigenvalue weighted by Gasteiger charge is -2.18. The van der Waals surface area contributed by atoms with E-state index in [1.165, 1.54) is 109 Å². The van der Waals surface area contributed by atoms with Crippen LogP contribution in [0.1, 0.15) is 233 Å². The smallest absolute Gasteiger partial charge is 0.306 e. The third-order valence-electron chi connectivity index (χ3n) is 10.1. The van der Waals surface area contributed by atoms with Crippen molar-refractivity contribution in [3.05, 3.63) is 48.6 Å². The maximum atomic E-state index is 12.7. The van der Waals surface area contributed by atoms with E-state index in [9.17, 15) is 14.4 Å². The monoisotopic (exact) mass is 785 g/mol. The van der Waals surface area contributed by atoms with Crippen molar-refractivity contribution in [3.8, 4) is 0 Å². The molecule has 0 aromatic rings. The second-order valence-corrected chi connectivity index (χ2v) is 15.6. The van der Waals surface area contributed by atoms with E-state index in [-0.39, 0.29) is 37.5 Å². The van der Waals surface area contributed by atoms with Crippen molar-refractivity contribution in [2.75, 3.05) is 13.2 Å². The van der Waals surface area contributed by atoms with Crippen LogP contribution in [0.2, 0.25) is 0 Å². The highest BCUT2D eigenvalue weighted by Gasteiger charge is 2.19. The number of hydrogen-bond acceptors (Lipinski definition) is 6. The predicted octanol–water partition coefficient (Wildman–Crippen LogP) is 15.1. The van der Waals surface area contributed by atoms with E-state index in [2.05, 4.69) is 69.4 Å². The Kier molecular flexibility index (Phi) is 43.0. The van der Waals surface area contributed by atoms with Gasteiger partial charge in [-0.05, 0) is 70.6 Å². The first kappa shape index (κ1) is 53.4. The summed E-state index contributed by atoms with van der Waals surface area (Å²) in [7, 11) is 0. The molecule has 0 fully saturated rings. The quantitative estimate of drug-likeness (QED) is 0.0265. The van der Waals surface area contributed by atoms with Crippen LogP contribution in [0.15, 0.2) is 48.6 Å². The van der Waals surface area contributed by atoms with Crippen molar-refractivity contribution < 1.29 is 28.6 Å². The summed E-state index contributed by atoms with van der Waals surface area (Å²) in [5.74, 6) is -0.963. The summed E-state index contributed by atoms with van der Waals surface area (Å²) in [6.45, 7) is 6.45. The van der Waals surface area contributed by atoms with Crippen LogP contribution < -0.4 is 0 Å². The van der Waals surface area contributed by atoms with Gasteiger partial charge in [-0.15, -0.1) is 0 Å². The van der Waals surface area contributed by atoms with Crippen molar-refractivity contribution in [2.24, 2.45) is 0 Å². The number of rotatable bonds is 42. The summed E-state index contributed by atoms with van der Waals surface area (Å²) in [6, 6.07) is 0. The zero-order valence-corrected chi connectivity index (χ0v) is 36.9. The first-order chi connectivity index (χ1) is 27.5. The molecule has 0 N–H and O–H groups in total. The Morgan fingerprint density at radius 3 is 1.20 bits per heavy atom. The third kappa shape index (κ3) is 42.5. The van der Waals surface area contributed by atoms with Crippen molar-refractivity contribution in [1.82, 2.24) is 0 Å². The largest absolute Gasteiger partial charge is 0.462 e. The molecule has 56 heavy (non-hydrogen) atoms. The molecule has 0 aliphatic rings. The number of ether oxygens (including phenoxy) is 3. The molecular formula is C50H88O6. The van der Waals surface area contributed by atoms with E-state index in [1.54, 1.807) is 0 Å². The highest BCUT2D eigenvalue weighted by molar-refractivity contribution is 5.71. The topological polar surface area (TPSA) is 78.9 Å². The first-order valence-corrected chi connectivity index (χ1v) is 23.6. The van der Waals surface area contributed by atoms with Crippen molar-refractivity contribution in [1.29, 1.82) is 0 Å². The molecule has 0 rings (SSSR count). The Labute approximate surface area is 346 Å². The number of unbranched alkanes of at least 4 members (excludes halogenated alkanes) is 23. The fraction of sp³-hybridized carbons (Fsp3) is 0.780. The van der Waals surface area contributed by atoms with Crippen LogP contribution in [0, 0.1) is 0 Å². The normalized spacial score (nSPS) is 12.4. The van der Waals surface area contributed by atoms with Crippen LogP contribution in [-0.4, -0.2) is 37.2 Å². The molecule has 1 atom stereocenters. The predicted molar refractivity (Wildman–Crippen MR) is 238 cm³/mol. The van der Waals surface area contributed by atoms with Gasteiger partial charge in [0.1, 0.15) is 13.2 Å². The summed E-state index contributed by atoms with van der Waals surface area (Å²) in [5, 5.41) is 0.